The van der Waals surface area contributed by atoms with Gasteiger partial charge >= 0.3 is 28.5 Å². The second kappa shape index (κ2) is 19.5. The van der Waals surface area contributed by atoms with Gasteiger partial charge in [0.25, 0.3) is 0 Å². The molecular weight excluding hydrogens is 1040 g/mol. The van der Waals surface area contributed by atoms with Gasteiger partial charge in [-0.15, -0.1) is 0 Å². The molecule has 0 radical (unpaired) electrons. The molecule has 0 spiro atoms. The number of aliphatic imine (C=N–C) groups is 4. The van der Waals surface area contributed by atoms with Crippen molar-refractivity contribution >= 4 is 95.5 Å². The highest BCUT2D eigenvalue weighted by Crippen LogP contribution is 2.43. The van der Waals surface area contributed by atoms with Gasteiger partial charge in [-0.2, -0.15) is 0 Å². The third-order valence-corrected chi connectivity index (χ3v) is 19.5. The molecule has 84 heavy (non-hydrogen) atoms. The summed E-state index contributed by atoms with van der Waals surface area (Å²) in [6.45, 7) is 33.2. The number of benzene rings is 4. The molecule has 0 unspecified atom stereocenters. The number of hydrogen-bond donors (Lipinski definition) is 0. The first-order valence-corrected chi connectivity index (χ1v) is 29.4. The van der Waals surface area contributed by atoms with Crippen molar-refractivity contribution in [3.8, 4) is 0 Å². The largest absolute Gasteiger partial charge is 0.494 e. The van der Waals surface area contributed by atoms with Crippen LogP contribution >= 0.6 is 0 Å². The van der Waals surface area contributed by atoms with E-state index in [1.165, 1.54) is 0 Å². The number of rotatable bonds is 8. The first kappa shape index (κ1) is 56.5. The van der Waals surface area contributed by atoms with E-state index < -0.39 is 73.3 Å². The highest BCUT2D eigenvalue weighted by molar-refractivity contribution is 6.63. The van der Waals surface area contributed by atoms with E-state index in [-0.39, 0.29) is 0 Å². The molecule has 16 heteroatoms. The van der Waals surface area contributed by atoms with Crippen LogP contribution in [0.4, 0.5) is 0 Å². The number of hydrogen-bond acceptors (Lipinski definition) is 12. The minimum absolute atomic E-state index is 0.490. The molecule has 12 nitrogen and oxygen atoms in total. The van der Waals surface area contributed by atoms with Gasteiger partial charge in [-0.1, -0.05) is 97.1 Å². The first-order valence-electron chi connectivity index (χ1n) is 29.4. The topological polar surface area (TPSA) is 123 Å². The van der Waals surface area contributed by atoms with Crippen molar-refractivity contribution in [1.82, 2.24) is 0 Å². The average Bonchev–Trinajstić information content (AvgIpc) is 3.73. The minimum atomic E-state index is -0.526. The van der Waals surface area contributed by atoms with Gasteiger partial charge in [0.1, 0.15) is 0 Å². The molecule has 9 heterocycles. The summed E-state index contributed by atoms with van der Waals surface area (Å²) in [4.78, 5) is 22.3. The highest BCUT2D eigenvalue weighted by Gasteiger charge is 2.55. The van der Waals surface area contributed by atoms with E-state index in [1.54, 1.807) is 0 Å². The molecule has 4 saturated heterocycles. The maximum atomic E-state index is 6.51. The fourth-order valence-corrected chi connectivity index (χ4v) is 11.4. The molecule has 8 bridgehead atoms. The molecule has 4 aromatic rings. The van der Waals surface area contributed by atoms with Crippen LogP contribution in [0.15, 0.2) is 188 Å². The summed E-state index contributed by atoms with van der Waals surface area (Å²) in [5.41, 5.74) is 12.9. The molecule has 0 aromatic heterocycles. The van der Waals surface area contributed by atoms with Gasteiger partial charge in [-0.3, -0.25) is 0 Å². The van der Waals surface area contributed by atoms with E-state index in [9.17, 15) is 0 Å². The van der Waals surface area contributed by atoms with Crippen molar-refractivity contribution in [3.05, 3.63) is 191 Å². The smallest absolute Gasteiger partial charge is 0.399 e. The van der Waals surface area contributed by atoms with Crippen LogP contribution in [0.2, 0.25) is 0 Å². The molecule has 424 valence electrons. The molecule has 4 fully saturated rings. The van der Waals surface area contributed by atoms with Crippen molar-refractivity contribution in [1.29, 1.82) is 0 Å². The lowest BCUT2D eigenvalue weighted by Gasteiger charge is -2.32. The average molecular weight is 1120 g/mol. The van der Waals surface area contributed by atoms with Gasteiger partial charge in [-0.25, -0.2) is 20.0 Å². The summed E-state index contributed by atoms with van der Waals surface area (Å²) in [6.07, 6.45) is 16.7. The molecule has 4 aromatic carbocycles. The number of fused-ring (bicyclic) bond motifs is 4. The molecule has 0 N–H and O–H groups in total. The Morgan fingerprint density at radius 2 is 0.381 bits per heavy atom. The molecular formula is C68H72B4N4O8. The number of allylic oxidation sites excluding steroid dienone is 12. The normalized spacial score (nSPS) is 24.4. The van der Waals surface area contributed by atoms with Gasteiger partial charge in [0, 0.05) is 22.3 Å². The van der Waals surface area contributed by atoms with E-state index >= 15 is 0 Å². The summed E-state index contributed by atoms with van der Waals surface area (Å²) in [5.74, 6) is 0. The fourth-order valence-electron chi connectivity index (χ4n) is 11.4. The Morgan fingerprint density at radius 1 is 0.226 bits per heavy atom. The summed E-state index contributed by atoms with van der Waals surface area (Å²) in [5, 5.41) is 0. The van der Waals surface area contributed by atoms with Crippen LogP contribution in [0, 0.1) is 0 Å². The van der Waals surface area contributed by atoms with E-state index in [0.717, 1.165) is 112 Å². The fraction of sp³-hybridized carbons (Fsp3) is 0.353. The van der Waals surface area contributed by atoms with Crippen molar-refractivity contribution in [2.45, 2.75) is 156 Å². The van der Waals surface area contributed by atoms with Gasteiger partial charge in [-0.05, 0) is 203 Å². The predicted octanol–water partition coefficient (Wildman–Crippen LogP) is 10.9. The van der Waals surface area contributed by atoms with Gasteiger partial charge in [0.05, 0.1) is 90.4 Å². The Hall–Kier alpha value is -6.58. The molecule has 9 aliphatic heterocycles. The monoisotopic (exact) mass is 1120 g/mol. The van der Waals surface area contributed by atoms with Crippen molar-refractivity contribution in [2.24, 2.45) is 20.0 Å². The van der Waals surface area contributed by atoms with Crippen molar-refractivity contribution in [3.63, 3.8) is 0 Å². The van der Waals surface area contributed by atoms with Crippen LogP contribution in [0.25, 0.3) is 22.3 Å². The molecule has 0 amide bonds. The van der Waals surface area contributed by atoms with Crippen molar-refractivity contribution in [2.75, 3.05) is 0 Å². The zero-order valence-corrected chi connectivity index (χ0v) is 51.2. The van der Waals surface area contributed by atoms with Gasteiger partial charge in [0.2, 0.25) is 0 Å². The lowest BCUT2D eigenvalue weighted by atomic mass is 9.78. The molecule has 0 aliphatic carbocycles. The molecule has 13 rings (SSSR count). The standard InChI is InChI=1S/C68H72B4N4O8/c1-61(2)62(3,4)78-69(77-61)45-25-17-41(18-26-45)57-49-33-35-51(73-49)58(42-19-27-46(28-20-42)70-79-63(5,6)64(7,8)80-70)53-37-39-55(75-53)60(44-23-31-48(32-24-44)72-83-67(13,14)68(15,16)84-72)56-40-38-54(76-56)59(52-36-34-50(57)74-52)43-21-29-47(30-22-43)71-81-65(9,10)66(11,12)82-71/h17-40H,1-16H3. The van der Waals surface area contributed by atoms with Crippen LogP contribution in [0.1, 0.15) is 133 Å². The molecule has 9 aliphatic rings. The summed E-state index contributed by atoms with van der Waals surface area (Å²) < 4.78 is 52.1. The Morgan fingerprint density at radius 3 is 0.536 bits per heavy atom. The number of nitrogens with zero attached hydrogens (tertiary/aromatic N) is 4. The Balaban J connectivity index is 0.988. The Labute approximate surface area is 496 Å². The Kier molecular flexibility index (Phi) is 13.1. The van der Waals surface area contributed by atoms with Crippen LogP contribution < -0.4 is 21.9 Å². The summed E-state index contributed by atoms with van der Waals surface area (Å²) in [7, 11) is -2.10. The molecule has 0 atom stereocenters. The second-order valence-electron chi connectivity index (χ2n) is 27.2. The zero-order valence-electron chi connectivity index (χ0n) is 51.2. The lowest BCUT2D eigenvalue weighted by molar-refractivity contribution is 0.00578. The third kappa shape index (κ3) is 9.52. The minimum Gasteiger partial charge on any atom is -0.399 e. The maximum absolute atomic E-state index is 6.51. The van der Waals surface area contributed by atoms with Crippen LogP contribution in [0.5, 0.6) is 0 Å². The van der Waals surface area contributed by atoms with E-state index in [1.807, 2.05) is 0 Å². The van der Waals surface area contributed by atoms with E-state index in [0.29, 0.717) is 0 Å². The van der Waals surface area contributed by atoms with Crippen LogP contribution in [0.3, 0.4) is 0 Å². The SMILES string of the molecule is CC1(C)OB(c2ccc(C3=C4C=CC(=N4)C(c4ccc(B5OC(C)(C)C(C)(C)O5)cc4)=C4C=CC(=N4)C(c4ccc(B5OC(C)(C)C(C)(C)O5)cc4)=C4C=CC(=N4)C(c4ccc(B5OC(C)(C)C(C)(C)O5)cc4)=C4C=CC3=N4)cc2)OC1(C)C. The van der Waals surface area contributed by atoms with Crippen LogP contribution in [-0.4, -0.2) is 96.1 Å². The maximum Gasteiger partial charge on any atom is 0.494 e. The first-order chi connectivity index (χ1) is 39.5. The Bertz CT molecular complexity index is 3280. The second-order valence-corrected chi connectivity index (χ2v) is 27.2. The summed E-state index contributed by atoms with van der Waals surface area (Å²) in [6, 6.07) is 33.6. The van der Waals surface area contributed by atoms with Crippen molar-refractivity contribution < 1.29 is 37.2 Å². The van der Waals surface area contributed by atoms with Gasteiger partial charge < -0.3 is 37.2 Å². The van der Waals surface area contributed by atoms with E-state index in [4.69, 9.17) is 57.2 Å². The van der Waals surface area contributed by atoms with Crippen LogP contribution in [-0.2, 0) is 37.2 Å². The van der Waals surface area contributed by atoms with E-state index in [2.05, 4.69) is 256 Å². The lowest BCUT2D eigenvalue weighted by Crippen LogP contribution is -2.41. The van der Waals surface area contributed by atoms with Gasteiger partial charge in [0.15, 0.2) is 0 Å². The molecule has 0 saturated carbocycles. The predicted molar refractivity (Wildman–Crippen MR) is 343 cm³/mol. The quantitative estimate of drug-likeness (QED) is 0.160. The highest BCUT2D eigenvalue weighted by atomic mass is 16.7. The zero-order chi connectivity index (χ0) is 59.3. The summed E-state index contributed by atoms with van der Waals surface area (Å²) >= 11 is 0. The third-order valence-electron chi connectivity index (χ3n) is 19.5.